The van der Waals surface area contributed by atoms with Crippen LogP contribution in [-0.2, 0) is 11.2 Å². The number of benzene rings is 3. The minimum atomic E-state index is -0.541. The zero-order chi connectivity index (χ0) is 26.6. The zero-order valence-corrected chi connectivity index (χ0v) is 22.4. The molecule has 3 aromatic rings. The molecule has 0 radical (unpaired) electrons. The first-order valence-electron chi connectivity index (χ1n) is 12.8. The summed E-state index contributed by atoms with van der Waals surface area (Å²) in [5.41, 5.74) is 1.74. The predicted octanol–water partition coefficient (Wildman–Crippen LogP) is 3.81. The van der Waals surface area contributed by atoms with Crippen molar-refractivity contribution in [3.63, 3.8) is 0 Å². The van der Waals surface area contributed by atoms with Crippen molar-refractivity contribution in [1.29, 1.82) is 0 Å². The number of methoxy groups -OCH3 is 2. The third kappa shape index (κ3) is 3.67. The predicted molar refractivity (Wildman–Crippen MR) is 150 cm³/mol. The van der Waals surface area contributed by atoms with E-state index in [1.54, 1.807) is 19.1 Å². The summed E-state index contributed by atoms with van der Waals surface area (Å²) < 4.78 is 10.7. The van der Waals surface area contributed by atoms with E-state index in [0.29, 0.717) is 35.4 Å². The molecular weight excluding hydrogens is 500 g/mol. The number of likely N-dealkylation sites (tertiary alicyclic amines) is 1. The number of anilines is 1. The Morgan fingerprint density at radius 2 is 1.79 bits per heavy atom. The van der Waals surface area contributed by atoms with Gasteiger partial charge in [0, 0.05) is 24.4 Å². The molecule has 2 bridgehead atoms. The highest BCUT2D eigenvalue weighted by molar-refractivity contribution is 7.80. The highest BCUT2D eigenvalue weighted by Crippen LogP contribution is 2.46. The number of rotatable bonds is 6. The molecule has 9 heteroatoms. The van der Waals surface area contributed by atoms with Gasteiger partial charge in [0.05, 0.1) is 32.0 Å². The highest BCUT2D eigenvalue weighted by Gasteiger charge is 2.65. The Morgan fingerprint density at radius 3 is 2.58 bits per heavy atom. The molecule has 6 rings (SSSR count). The number of amides is 3. The topological polar surface area (TPSA) is 74.4 Å². The van der Waals surface area contributed by atoms with Gasteiger partial charge in [0.1, 0.15) is 6.04 Å². The van der Waals surface area contributed by atoms with Gasteiger partial charge in [0.15, 0.2) is 16.6 Å². The van der Waals surface area contributed by atoms with Gasteiger partial charge in [0.25, 0.3) is 5.91 Å². The number of nitrogens with zero attached hydrogens (tertiary/aromatic N) is 3. The maximum Gasteiger partial charge on any atom is 0.332 e. The van der Waals surface area contributed by atoms with Crippen LogP contribution in [0.5, 0.6) is 11.5 Å². The molecule has 3 amide bonds. The maximum absolute atomic E-state index is 13.8. The lowest BCUT2D eigenvalue weighted by molar-refractivity contribution is -0.120. The van der Waals surface area contributed by atoms with E-state index in [1.165, 1.54) is 4.90 Å². The molecule has 1 N–H and O–H groups in total. The summed E-state index contributed by atoms with van der Waals surface area (Å²) in [5.74, 6) is 1.36. The smallest absolute Gasteiger partial charge is 0.332 e. The van der Waals surface area contributed by atoms with Gasteiger partial charge in [-0.05, 0) is 47.8 Å². The highest BCUT2D eigenvalue weighted by atomic mass is 32.1. The van der Waals surface area contributed by atoms with Crippen LogP contribution < -0.4 is 19.7 Å². The minimum Gasteiger partial charge on any atom is -0.493 e. The van der Waals surface area contributed by atoms with Crippen LogP contribution >= 0.6 is 12.2 Å². The van der Waals surface area contributed by atoms with Crippen molar-refractivity contribution in [2.45, 2.75) is 31.5 Å². The third-order valence-corrected chi connectivity index (χ3v) is 8.54. The van der Waals surface area contributed by atoms with Crippen LogP contribution in [-0.4, -0.2) is 72.3 Å². The van der Waals surface area contributed by atoms with E-state index in [2.05, 4.69) is 17.1 Å². The Labute approximate surface area is 227 Å². The molecule has 3 aliphatic heterocycles. The molecule has 3 saturated heterocycles. The molecule has 8 nitrogen and oxygen atoms in total. The summed E-state index contributed by atoms with van der Waals surface area (Å²) in [6.07, 6.45) is 0.750. The molecule has 3 unspecified atom stereocenters. The second-order valence-corrected chi connectivity index (χ2v) is 10.4. The molecule has 0 aliphatic carbocycles. The number of thiocarbonyl (C=S) groups is 1. The average Bonchev–Trinajstić information content (AvgIpc) is 3.52. The fourth-order valence-electron chi connectivity index (χ4n) is 6.33. The van der Waals surface area contributed by atoms with E-state index < -0.39 is 6.04 Å². The fraction of sp³-hybridized carbons (Fsp3) is 0.345. The second kappa shape index (κ2) is 9.47. The van der Waals surface area contributed by atoms with Gasteiger partial charge in [0.2, 0.25) is 0 Å². The van der Waals surface area contributed by atoms with Crippen LogP contribution in [0.25, 0.3) is 10.8 Å². The Hall–Kier alpha value is -3.85. The molecule has 0 spiro atoms. The second-order valence-electron chi connectivity index (χ2n) is 10.0. The summed E-state index contributed by atoms with van der Waals surface area (Å²) in [5, 5.41) is 5.88. The van der Waals surface area contributed by atoms with E-state index in [1.807, 2.05) is 60.7 Å². The third-order valence-electron chi connectivity index (χ3n) is 8.16. The quantitative estimate of drug-likeness (QED) is 0.384. The number of carbonyl (C=O) groups excluding carboxylic acids is 2. The lowest BCUT2D eigenvalue weighted by Gasteiger charge is -2.36. The Kier molecular flexibility index (Phi) is 6.10. The van der Waals surface area contributed by atoms with Crippen molar-refractivity contribution < 1.29 is 19.1 Å². The van der Waals surface area contributed by atoms with Crippen molar-refractivity contribution in [2.75, 3.05) is 32.2 Å². The molecule has 3 aromatic carbocycles. The summed E-state index contributed by atoms with van der Waals surface area (Å²) >= 11 is 5.79. The van der Waals surface area contributed by atoms with E-state index in [-0.39, 0.29) is 29.9 Å². The summed E-state index contributed by atoms with van der Waals surface area (Å²) in [7, 11) is 3.24. The number of nitrogens with one attached hydrogen (secondary N) is 1. The van der Waals surface area contributed by atoms with Crippen molar-refractivity contribution in [2.24, 2.45) is 5.92 Å². The van der Waals surface area contributed by atoms with E-state index in [4.69, 9.17) is 21.7 Å². The van der Waals surface area contributed by atoms with Crippen molar-refractivity contribution >= 4 is 45.7 Å². The van der Waals surface area contributed by atoms with Gasteiger partial charge < -0.3 is 24.6 Å². The Bertz CT molecular complexity index is 1440. The summed E-state index contributed by atoms with van der Waals surface area (Å²) in [4.78, 5) is 32.7. The molecule has 0 saturated carbocycles. The lowest BCUT2D eigenvalue weighted by atomic mass is 9.99. The Morgan fingerprint density at radius 1 is 1.03 bits per heavy atom. The molecule has 4 atom stereocenters. The van der Waals surface area contributed by atoms with Gasteiger partial charge in [-0.15, -0.1) is 0 Å². The normalized spacial score (nSPS) is 23.8. The maximum atomic E-state index is 13.8. The van der Waals surface area contributed by atoms with Gasteiger partial charge in [-0.1, -0.05) is 49.4 Å². The number of hydrogen-bond donors (Lipinski definition) is 1. The van der Waals surface area contributed by atoms with Crippen LogP contribution in [0.4, 0.5) is 10.5 Å². The van der Waals surface area contributed by atoms with Crippen LogP contribution in [0.2, 0.25) is 0 Å². The monoisotopic (exact) mass is 530 g/mol. The van der Waals surface area contributed by atoms with E-state index >= 15 is 0 Å². The van der Waals surface area contributed by atoms with Gasteiger partial charge in [-0.2, -0.15) is 0 Å². The molecule has 3 fully saturated rings. The first-order valence-corrected chi connectivity index (χ1v) is 13.2. The van der Waals surface area contributed by atoms with Crippen LogP contribution in [0, 0.1) is 5.92 Å². The molecule has 3 aliphatic rings. The lowest BCUT2D eigenvalue weighted by Crippen LogP contribution is -2.57. The van der Waals surface area contributed by atoms with Crippen molar-refractivity contribution in [3.8, 4) is 11.5 Å². The van der Waals surface area contributed by atoms with Gasteiger partial charge >= 0.3 is 6.03 Å². The number of urea groups is 1. The molecule has 3 heterocycles. The van der Waals surface area contributed by atoms with Crippen LogP contribution in [0.1, 0.15) is 12.5 Å². The number of carbonyl (C=O) groups is 2. The van der Waals surface area contributed by atoms with E-state index in [9.17, 15) is 9.59 Å². The Balaban J connectivity index is 1.18. The first-order chi connectivity index (χ1) is 18.4. The number of imide groups is 1. The number of piperazine rings is 1. The minimum absolute atomic E-state index is 0.0629. The summed E-state index contributed by atoms with van der Waals surface area (Å²) in [6, 6.07) is 18.4. The SMILES string of the molecule is COc1ccc(CCNC(=S)N2CC3[C@H](C)C2C2C(=O)N(c4cccc5ccccc45)C(=O)N23)cc1OC. The summed E-state index contributed by atoms with van der Waals surface area (Å²) in [6.45, 7) is 3.37. The largest absolute Gasteiger partial charge is 0.493 e. The number of hydrogen-bond acceptors (Lipinski definition) is 5. The first kappa shape index (κ1) is 24.5. The van der Waals surface area contributed by atoms with E-state index in [0.717, 1.165) is 22.8 Å². The molecule has 0 aromatic heterocycles. The number of ether oxygens (including phenoxy) is 2. The zero-order valence-electron chi connectivity index (χ0n) is 21.6. The van der Waals surface area contributed by atoms with Gasteiger partial charge in [-0.3, -0.25) is 4.79 Å². The average molecular weight is 531 g/mol. The fourth-order valence-corrected chi connectivity index (χ4v) is 6.63. The van der Waals surface area contributed by atoms with Gasteiger partial charge in [-0.25, -0.2) is 9.69 Å². The molecule has 38 heavy (non-hydrogen) atoms. The number of fused-ring (bicyclic) bond motifs is 6. The van der Waals surface area contributed by atoms with Crippen LogP contribution in [0.15, 0.2) is 60.7 Å². The standard InChI is InChI=1S/C29H30N4O4S/c1-17-22-16-31(28(38)30-14-13-18-11-12-23(36-2)24(15-18)37-3)25(17)26-27(34)33(29(35)32(22)26)21-10-6-8-19-7-4-5-9-20(19)21/h4-12,15,17,22,25-26H,13-14,16H2,1-3H3,(H,30,38)/t17-,22?,25?,26?/m0/s1. The molecular formula is C29H30N4O4S. The van der Waals surface area contributed by atoms with Crippen molar-refractivity contribution in [1.82, 2.24) is 15.1 Å². The van der Waals surface area contributed by atoms with Crippen molar-refractivity contribution in [3.05, 3.63) is 66.2 Å². The molecule has 196 valence electrons. The van der Waals surface area contributed by atoms with Crippen LogP contribution in [0.3, 0.4) is 0 Å².